The molecular weight excluding hydrogens is 390 g/mol. The third kappa shape index (κ3) is 3.93. The Hall–Kier alpha value is -3.57. The van der Waals surface area contributed by atoms with Gasteiger partial charge in [0.15, 0.2) is 11.5 Å². The number of aromatic nitrogens is 1. The SMILES string of the molecule is N#CC(c1ccc(F)cc1)N1CCN(C(=O)c2cc(-c3ccccc3F)on2)CC1. The second-order valence-electron chi connectivity index (χ2n) is 6.97. The number of halogens is 2. The molecule has 4 rings (SSSR count). The Kier molecular flexibility index (Phi) is 5.55. The van der Waals surface area contributed by atoms with E-state index in [9.17, 15) is 18.8 Å². The predicted molar refractivity (Wildman–Crippen MR) is 104 cm³/mol. The van der Waals surface area contributed by atoms with Crippen LogP contribution in [0.5, 0.6) is 0 Å². The van der Waals surface area contributed by atoms with Gasteiger partial charge in [-0.05, 0) is 29.8 Å². The lowest BCUT2D eigenvalue weighted by Gasteiger charge is -2.36. The molecule has 2 heterocycles. The summed E-state index contributed by atoms with van der Waals surface area (Å²) in [4.78, 5) is 16.3. The van der Waals surface area contributed by atoms with Crippen LogP contribution in [0, 0.1) is 23.0 Å². The van der Waals surface area contributed by atoms with Crippen molar-refractivity contribution in [2.75, 3.05) is 26.2 Å². The fourth-order valence-electron chi connectivity index (χ4n) is 3.52. The van der Waals surface area contributed by atoms with Crippen LogP contribution in [0.2, 0.25) is 0 Å². The molecule has 8 heteroatoms. The molecule has 0 spiro atoms. The first-order chi connectivity index (χ1) is 14.6. The zero-order valence-electron chi connectivity index (χ0n) is 16.0. The summed E-state index contributed by atoms with van der Waals surface area (Å²) in [5, 5.41) is 13.4. The second kappa shape index (κ2) is 8.43. The van der Waals surface area contributed by atoms with Gasteiger partial charge in [-0.3, -0.25) is 9.69 Å². The normalized spacial score (nSPS) is 15.6. The Labute approximate surface area is 171 Å². The number of hydrogen-bond donors (Lipinski definition) is 0. The number of nitrogens with zero attached hydrogens (tertiary/aromatic N) is 4. The van der Waals surface area contributed by atoms with Crippen molar-refractivity contribution in [2.24, 2.45) is 0 Å². The first-order valence-corrected chi connectivity index (χ1v) is 9.47. The van der Waals surface area contributed by atoms with Crippen LogP contribution in [0.3, 0.4) is 0 Å². The van der Waals surface area contributed by atoms with Crippen molar-refractivity contribution in [2.45, 2.75) is 6.04 Å². The standard InChI is InChI=1S/C22H18F2N4O2/c23-16-7-5-15(6-8-16)20(14-25)27-9-11-28(12-10-27)22(29)19-13-21(30-26-19)17-3-1-2-4-18(17)24/h1-8,13,20H,9-12H2. The summed E-state index contributed by atoms with van der Waals surface area (Å²) in [5.74, 6) is -0.926. The molecular formula is C22H18F2N4O2. The van der Waals surface area contributed by atoms with E-state index >= 15 is 0 Å². The molecule has 1 unspecified atom stereocenters. The largest absolute Gasteiger partial charge is 0.355 e. The average Bonchev–Trinajstić information content (AvgIpc) is 3.26. The molecule has 1 fully saturated rings. The highest BCUT2D eigenvalue weighted by Crippen LogP contribution is 2.25. The highest BCUT2D eigenvalue weighted by Gasteiger charge is 2.29. The summed E-state index contributed by atoms with van der Waals surface area (Å²) in [7, 11) is 0. The number of nitriles is 1. The molecule has 1 amide bonds. The number of carbonyl (C=O) groups excluding carboxylic acids is 1. The van der Waals surface area contributed by atoms with Gasteiger partial charge in [0.25, 0.3) is 5.91 Å². The van der Waals surface area contributed by atoms with Gasteiger partial charge in [0.1, 0.15) is 17.7 Å². The summed E-state index contributed by atoms with van der Waals surface area (Å²) in [5.41, 5.74) is 1.06. The molecule has 3 aromatic rings. The van der Waals surface area contributed by atoms with Crippen LogP contribution in [0.4, 0.5) is 8.78 Å². The second-order valence-corrected chi connectivity index (χ2v) is 6.97. The molecule has 1 saturated heterocycles. The molecule has 1 atom stereocenters. The van der Waals surface area contributed by atoms with Crippen molar-refractivity contribution >= 4 is 5.91 Å². The predicted octanol–water partition coefficient (Wildman–Crippen LogP) is 3.64. The van der Waals surface area contributed by atoms with Gasteiger partial charge in [-0.15, -0.1) is 0 Å². The molecule has 1 aromatic heterocycles. The molecule has 0 saturated carbocycles. The van der Waals surface area contributed by atoms with Gasteiger partial charge in [0.2, 0.25) is 0 Å². The number of amides is 1. The van der Waals surface area contributed by atoms with Crippen LogP contribution < -0.4 is 0 Å². The zero-order valence-corrected chi connectivity index (χ0v) is 16.0. The van der Waals surface area contributed by atoms with E-state index in [-0.39, 0.29) is 28.7 Å². The van der Waals surface area contributed by atoms with E-state index in [0.717, 1.165) is 0 Å². The number of piperazine rings is 1. The zero-order chi connectivity index (χ0) is 21.1. The fraction of sp³-hybridized carbons (Fsp3) is 0.227. The summed E-state index contributed by atoms with van der Waals surface area (Å²) < 4.78 is 32.2. The topological polar surface area (TPSA) is 73.4 Å². The van der Waals surface area contributed by atoms with Crippen LogP contribution in [0.1, 0.15) is 22.1 Å². The Morgan fingerprint density at radius 1 is 1.07 bits per heavy atom. The smallest absolute Gasteiger partial charge is 0.276 e. The molecule has 0 bridgehead atoms. The lowest BCUT2D eigenvalue weighted by Crippen LogP contribution is -2.49. The van der Waals surface area contributed by atoms with Crippen molar-refractivity contribution in [1.82, 2.24) is 15.0 Å². The Balaban J connectivity index is 1.42. The average molecular weight is 408 g/mol. The van der Waals surface area contributed by atoms with Crippen LogP contribution >= 0.6 is 0 Å². The van der Waals surface area contributed by atoms with Crippen LogP contribution in [-0.2, 0) is 0 Å². The molecule has 1 aliphatic rings. The molecule has 0 N–H and O–H groups in total. The summed E-state index contributed by atoms with van der Waals surface area (Å²) in [6.07, 6.45) is 0. The van der Waals surface area contributed by atoms with E-state index in [0.29, 0.717) is 31.7 Å². The lowest BCUT2D eigenvalue weighted by atomic mass is 10.1. The van der Waals surface area contributed by atoms with Crippen LogP contribution in [0.25, 0.3) is 11.3 Å². The first-order valence-electron chi connectivity index (χ1n) is 9.47. The highest BCUT2D eigenvalue weighted by molar-refractivity contribution is 5.93. The van der Waals surface area contributed by atoms with Gasteiger partial charge in [-0.1, -0.05) is 29.4 Å². The van der Waals surface area contributed by atoms with Crippen molar-refractivity contribution in [3.05, 3.63) is 77.5 Å². The molecule has 2 aromatic carbocycles. The van der Waals surface area contributed by atoms with E-state index in [1.807, 2.05) is 4.90 Å². The lowest BCUT2D eigenvalue weighted by molar-refractivity contribution is 0.0596. The fourth-order valence-corrected chi connectivity index (χ4v) is 3.52. The van der Waals surface area contributed by atoms with Gasteiger partial charge in [0.05, 0.1) is 11.6 Å². The molecule has 1 aliphatic heterocycles. The van der Waals surface area contributed by atoms with E-state index in [1.54, 1.807) is 35.2 Å². The van der Waals surface area contributed by atoms with E-state index in [4.69, 9.17) is 4.52 Å². The quantitative estimate of drug-likeness (QED) is 0.659. The Morgan fingerprint density at radius 3 is 2.43 bits per heavy atom. The van der Waals surface area contributed by atoms with Crippen molar-refractivity contribution in [3.8, 4) is 17.4 Å². The summed E-state index contributed by atoms with van der Waals surface area (Å²) in [6.45, 7) is 1.78. The van der Waals surface area contributed by atoms with Crippen molar-refractivity contribution < 1.29 is 18.1 Å². The highest BCUT2D eigenvalue weighted by atomic mass is 19.1. The molecule has 152 valence electrons. The maximum absolute atomic E-state index is 13.9. The summed E-state index contributed by atoms with van der Waals surface area (Å²) in [6, 6.07) is 15.1. The Bertz CT molecular complexity index is 1080. The van der Waals surface area contributed by atoms with Crippen molar-refractivity contribution in [3.63, 3.8) is 0 Å². The maximum atomic E-state index is 13.9. The number of benzene rings is 2. The minimum absolute atomic E-state index is 0.108. The Morgan fingerprint density at radius 2 is 1.77 bits per heavy atom. The van der Waals surface area contributed by atoms with Gasteiger partial charge in [-0.2, -0.15) is 5.26 Å². The molecule has 0 aliphatic carbocycles. The van der Waals surface area contributed by atoms with Crippen molar-refractivity contribution in [1.29, 1.82) is 5.26 Å². The summed E-state index contributed by atoms with van der Waals surface area (Å²) >= 11 is 0. The third-order valence-electron chi connectivity index (χ3n) is 5.14. The van der Waals surface area contributed by atoms with Crippen LogP contribution in [0.15, 0.2) is 59.1 Å². The van der Waals surface area contributed by atoms with E-state index in [2.05, 4.69) is 11.2 Å². The van der Waals surface area contributed by atoms with E-state index < -0.39 is 11.9 Å². The molecule has 6 nitrogen and oxygen atoms in total. The minimum Gasteiger partial charge on any atom is -0.355 e. The molecule has 30 heavy (non-hydrogen) atoms. The maximum Gasteiger partial charge on any atom is 0.276 e. The van der Waals surface area contributed by atoms with E-state index in [1.165, 1.54) is 24.3 Å². The first kappa shape index (κ1) is 19.7. The number of carbonyl (C=O) groups is 1. The molecule has 0 radical (unpaired) electrons. The third-order valence-corrected chi connectivity index (χ3v) is 5.14. The van der Waals surface area contributed by atoms with Crippen LogP contribution in [-0.4, -0.2) is 47.0 Å². The number of hydrogen-bond acceptors (Lipinski definition) is 5. The number of rotatable bonds is 4. The van der Waals surface area contributed by atoms with Gasteiger partial charge < -0.3 is 9.42 Å². The van der Waals surface area contributed by atoms with Gasteiger partial charge in [0, 0.05) is 32.2 Å². The van der Waals surface area contributed by atoms with Gasteiger partial charge in [-0.25, -0.2) is 8.78 Å². The monoisotopic (exact) mass is 408 g/mol. The minimum atomic E-state index is -0.512. The van der Waals surface area contributed by atoms with Gasteiger partial charge >= 0.3 is 0 Å².